The maximum Gasteiger partial charge on any atom is 0.191 e. The van der Waals surface area contributed by atoms with E-state index < -0.39 is 0 Å². The van der Waals surface area contributed by atoms with E-state index in [2.05, 4.69) is 37.6 Å². The van der Waals surface area contributed by atoms with E-state index in [1.54, 1.807) is 7.11 Å². The van der Waals surface area contributed by atoms with Crippen LogP contribution in [0.1, 0.15) is 31.4 Å². The van der Waals surface area contributed by atoms with Gasteiger partial charge in [0.05, 0.1) is 11.3 Å². The lowest BCUT2D eigenvalue weighted by Crippen LogP contribution is -2.53. The van der Waals surface area contributed by atoms with Gasteiger partial charge in [0, 0.05) is 78.6 Å². The lowest BCUT2D eigenvalue weighted by molar-refractivity contribution is -0.0855. The molecule has 28 heavy (non-hydrogen) atoms. The molecule has 0 bridgehead atoms. The van der Waals surface area contributed by atoms with Crippen molar-refractivity contribution >= 4 is 29.9 Å². The van der Waals surface area contributed by atoms with Crippen LogP contribution in [0.5, 0.6) is 0 Å². The molecule has 2 aliphatic rings. The first-order valence-electron chi connectivity index (χ1n) is 9.95. The molecular formula is C20H34IN5O2. The smallest absolute Gasteiger partial charge is 0.191 e. The molecule has 0 amide bonds. The zero-order valence-electron chi connectivity index (χ0n) is 17.0. The van der Waals surface area contributed by atoms with Crippen molar-refractivity contribution < 1.29 is 9.47 Å². The second-order valence-corrected chi connectivity index (χ2v) is 7.44. The maximum atomic E-state index is 5.80. The molecule has 1 aromatic heterocycles. The number of halogens is 1. The molecule has 0 aliphatic carbocycles. The third-order valence-corrected chi connectivity index (χ3v) is 5.68. The monoisotopic (exact) mass is 503 g/mol. The Hall–Kier alpha value is -0.970. The van der Waals surface area contributed by atoms with Gasteiger partial charge in [-0.15, -0.1) is 24.0 Å². The normalized spacial score (nSPS) is 21.0. The van der Waals surface area contributed by atoms with Crippen molar-refractivity contribution in [1.82, 2.24) is 20.5 Å². The Morgan fingerprint density at radius 2 is 2.07 bits per heavy atom. The average molecular weight is 503 g/mol. The summed E-state index contributed by atoms with van der Waals surface area (Å²) in [6.45, 7) is 5.35. The zero-order valence-corrected chi connectivity index (χ0v) is 19.4. The largest absolute Gasteiger partial charge is 0.381 e. The standard InChI is InChI=1S/C20H33N5O2.HI/c1-21-19(23-16-20(26-2)8-13-27-14-9-20)24-17-6-11-25(12-7-17)15-18-5-3-4-10-22-18;/h3-5,10,17H,6-9,11-16H2,1-2H3,(H2,21,23,24);1H. The van der Waals surface area contributed by atoms with E-state index in [-0.39, 0.29) is 29.6 Å². The van der Waals surface area contributed by atoms with Gasteiger partial charge in [0.15, 0.2) is 5.96 Å². The van der Waals surface area contributed by atoms with E-state index in [4.69, 9.17) is 9.47 Å². The van der Waals surface area contributed by atoms with Crippen molar-refractivity contribution in [3.8, 4) is 0 Å². The number of hydrogen-bond donors (Lipinski definition) is 2. The van der Waals surface area contributed by atoms with Gasteiger partial charge in [-0.2, -0.15) is 0 Å². The van der Waals surface area contributed by atoms with Crippen molar-refractivity contribution in [2.24, 2.45) is 4.99 Å². The number of likely N-dealkylation sites (tertiary alicyclic amines) is 1. The van der Waals surface area contributed by atoms with Crippen LogP contribution in [0.15, 0.2) is 29.4 Å². The molecule has 0 radical (unpaired) electrons. The summed E-state index contributed by atoms with van der Waals surface area (Å²) in [6, 6.07) is 6.56. The first-order valence-corrected chi connectivity index (χ1v) is 9.95. The summed E-state index contributed by atoms with van der Waals surface area (Å²) in [5.74, 6) is 0.862. The molecule has 2 fully saturated rings. The molecule has 158 valence electrons. The van der Waals surface area contributed by atoms with Crippen molar-refractivity contribution in [2.45, 2.75) is 43.9 Å². The third-order valence-electron chi connectivity index (χ3n) is 5.68. The molecule has 2 N–H and O–H groups in total. The number of rotatable bonds is 6. The van der Waals surface area contributed by atoms with Crippen LogP contribution in [0.3, 0.4) is 0 Å². The summed E-state index contributed by atoms with van der Waals surface area (Å²) in [4.78, 5) is 11.3. The number of pyridine rings is 1. The van der Waals surface area contributed by atoms with Crippen molar-refractivity contribution in [3.63, 3.8) is 0 Å². The van der Waals surface area contributed by atoms with E-state index in [0.29, 0.717) is 6.04 Å². The minimum absolute atomic E-state index is 0. The van der Waals surface area contributed by atoms with Crippen molar-refractivity contribution in [1.29, 1.82) is 0 Å². The minimum Gasteiger partial charge on any atom is -0.381 e. The molecule has 0 unspecified atom stereocenters. The summed E-state index contributed by atoms with van der Waals surface area (Å²) < 4.78 is 11.3. The molecule has 0 spiro atoms. The van der Waals surface area contributed by atoms with Gasteiger partial charge in [-0.3, -0.25) is 14.9 Å². The Morgan fingerprint density at radius 1 is 1.32 bits per heavy atom. The maximum absolute atomic E-state index is 5.80. The molecule has 7 nitrogen and oxygen atoms in total. The lowest BCUT2D eigenvalue weighted by Gasteiger charge is -2.37. The summed E-state index contributed by atoms with van der Waals surface area (Å²) in [6.07, 6.45) is 5.91. The van der Waals surface area contributed by atoms with Gasteiger partial charge in [0.2, 0.25) is 0 Å². The summed E-state index contributed by atoms with van der Waals surface area (Å²) >= 11 is 0. The van der Waals surface area contributed by atoms with Crippen molar-refractivity contribution in [3.05, 3.63) is 30.1 Å². The first-order chi connectivity index (χ1) is 13.2. The molecule has 3 heterocycles. The minimum atomic E-state index is -0.151. The van der Waals surface area contributed by atoms with Crippen LogP contribution in [0.4, 0.5) is 0 Å². The Morgan fingerprint density at radius 3 is 2.68 bits per heavy atom. The van der Waals surface area contributed by atoms with Gasteiger partial charge in [0.1, 0.15) is 0 Å². The molecule has 0 saturated carbocycles. The van der Waals surface area contributed by atoms with Crippen LogP contribution in [-0.4, -0.2) is 74.5 Å². The fourth-order valence-corrected chi connectivity index (χ4v) is 3.79. The average Bonchev–Trinajstić information content (AvgIpc) is 2.74. The topological polar surface area (TPSA) is 71.0 Å². The highest BCUT2D eigenvalue weighted by Crippen LogP contribution is 2.23. The molecule has 2 saturated heterocycles. The van der Waals surface area contributed by atoms with Crippen LogP contribution >= 0.6 is 24.0 Å². The molecule has 0 aromatic carbocycles. The van der Waals surface area contributed by atoms with E-state index >= 15 is 0 Å². The van der Waals surface area contributed by atoms with E-state index in [1.165, 1.54) is 0 Å². The van der Waals surface area contributed by atoms with Crippen LogP contribution in [0, 0.1) is 0 Å². The molecule has 8 heteroatoms. The zero-order chi connectivity index (χ0) is 19.0. The predicted molar refractivity (Wildman–Crippen MR) is 122 cm³/mol. The highest BCUT2D eigenvalue weighted by Gasteiger charge is 2.32. The van der Waals surface area contributed by atoms with Gasteiger partial charge in [-0.25, -0.2) is 0 Å². The summed E-state index contributed by atoms with van der Waals surface area (Å²) in [7, 11) is 3.62. The Labute approximate surface area is 185 Å². The van der Waals surface area contributed by atoms with Gasteiger partial charge < -0.3 is 20.1 Å². The lowest BCUT2D eigenvalue weighted by atomic mass is 9.94. The highest BCUT2D eigenvalue weighted by atomic mass is 127. The van der Waals surface area contributed by atoms with Gasteiger partial charge in [-0.1, -0.05) is 6.07 Å². The second-order valence-electron chi connectivity index (χ2n) is 7.44. The molecule has 2 aliphatic heterocycles. The third kappa shape index (κ3) is 6.82. The van der Waals surface area contributed by atoms with Gasteiger partial charge in [0.25, 0.3) is 0 Å². The number of aromatic nitrogens is 1. The van der Waals surface area contributed by atoms with Gasteiger partial charge >= 0.3 is 0 Å². The molecule has 0 atom stereocenters. The van der Waals surface area contributed by atoms with Crippen LogP contribution in [0.2, 0.25) is 0 Å². The highest BCUT2D eigenvalue weighted by molar-refractivity contribution is 14.0. The quantitative estimate of drug-likeness (QED) is 0.352. The first kappa shape index (κ1) is 23.3. The fourth-order valence-electron chi connectivity index (χ4n) is 3.79. The number of methoxy groups -OCH3 is 1. The number of ether oxygens (including phenoxy) is 2. The Bertz CT molecular complexity index is 588. The predicted octanol–water partition coefficient (Wildman–Crippen LogP) is 2.02. The van der Waals surface area contributed by atoms with Crippen LogP contribution < -0.4 is 10.6 Å². The number of piperidine rings is 1. The Kier molecular flexibility index (Phi) is 9.90. The molecule has 3 rings (SSSR count). The van der Waals surface area contributed by atoms with Crippen molar-refractivity contribution in [2.75, 3.05) is 47.0 Å². The van der Waals surface area contributed by atoms with Gasteiger partial charge in [-0.05, 0) is 25.0 Å². The number of nitrogens with zero attached hydrogens (tertiary/aromatic N) is 3. The van der Waals surface area contributed by atoms with Crippen LogP contribution in [-0.2, 0) is 16.0 Å². The van der Waals surface area contributed by atoms with E-state index in [1.807, 2.05) is 19.3 Å². The molecule has 1 aromatic rings. The summed E-state index contributed by atoms with van der Waals surface area (Å²) in [5.41, 5.74) is 0.991. The number of aliphatic imine (C=N–C) groups is 1. The summed E-state index contributed by atoms with van der Waals surface area (Å²) in [5, 5.41) is 7.04. The Balaban J connectivity index is 0.00000280. The van der Waals surface area contributed by atoms with E-state index in [0.717, 1.165) is 76.7 Å². The number of guanidine groups is 1. The van der Waals surface area contributed by atoms with Crippen LogP contribution in [0.25, 0.3) is 0 Å². The number of nitrogens with one attached hydrogen (secondary N) is 2. The SMILES string of the molecule is CN=C(NCC1(OC)CCOCC1)NC1CCN(Cc2ccccn2)CC1.I. The molecular weight excluding hydrogens is 469 g/mol. The second kappa shape index (κ2) is 11.9. The van der Waals surface area contributed by atoms with E-state index in [9.17, 15) is 0 Å². The number of hydrogen-bond acceptors (Lipinski definition) is 5. The fraction of sp³-hybridized carbons (Fsp3) is 0.700.